The molecule has 26 heavy (non-hydrogen) atoms. The van der Waals surface area contributed by atoms with Crippen molar-refractivity contribution in [3.63, 3.8) is 0 Å². The lowest BCUT2D eigenvalue weighted by molar-refractivity contribution is 0.0406. The van der Waals surface area contributed by atoms with Gasteiger partial charge in [0.15, 0.2) is 0 Å². The molecule has 3 N–H and O–H groups in total. The molecule has 0 aliphatic carbocycles. The Morgan fingerprint density at radius 3 is 2.42 bits per heavy atom. The number of aliphatic hydroxyl groups is 2. The summed E-state index contributed by atoms with van der Waals surface area (Å²) in [5.74, 6) is 0. The molecule has 0 aromatic heterocycles. The largest absolute Gasteiger partial charge is 0.444 e. The second kappa shape index (κ2) is 11.0. The van der Waals surface area contributed by atoms with Gasteiger partial charge in [0.1, 0.15) is 5.60 Å². The van der Waals surface area contributed by atoms with Crippen LogP contribution >= 0.6 is 0 Å². The van der Waals surface area contributed by atoms with E-state index in [1.807, 2.05) is 12.1 Å². The van der Waals surface area contributed by atoms with Gasteiger partial charge in [0.2, 0.25) is 0 Å². The Labute approximate surface area is 157 Å². The lowest BCUT2D eigenvalue weighted by Crippen LogP contribution is -2.46. The van der Waals surface area contributed by atoms with Crippen LogP contribution in [0.5, 0.6) is 0 Å². The number of ether oxygens (including phenoxy) is 1. The predicted molar refractivity (Wildman–Crippen MR) is 105 cm³/mol. The topological polar surface area (TPSA) is 78.8 Å². The Balaban J connectivity index is 2.57. The van der Waals surface area contributed by atoms with Crippen molar-refractivity contribution in [3.8, 4) is 0 Å². The zero-order chi connectivity index (χ0) is 19.6. The van der Waals surface area contributed by atoms with Gasteiger partial charge in [-0.1, -0.05) is 56.2 Å². The Morgan fingerprint density at radius 1 is 1.23 bits per heavy atom. The SMILES string of the molecule is CCCCCc1ccc(C=CC(O)C(CO)NC(=O)OC(C)(C)C)cc1. The molecular formula is C21H33NO4. The lowest BCUT2D eigenvalue weighted by Gasteiger charge is -2.24. The molecule has 0 radical (unpaired) electrons. The summed E-state index contributed by atoms with van der Waals surface area (Å²) in [6.07, 6.45) is 6.37. The highest BCUT2D eigenvalue weighted by molar-refractivity contribution is 5.68. The highest BCUT2D eigenvalue weighted by atomic mass is 16.6. The van der Waals surface area contributed by atoms with Crippen molar-refractivity contribution < 1.29 is 19.7 Å². The average Bonchev–Trinajstić information content (AvgIpc) is 2.57. The lowest BCUT2D eigenvalue weighted by atomic mass is 10.0. The van der Waals surface area contributed by atoms with Gasteiger partial charge in [0.25, 0.3) is 0 Å². The maximum absolute atomic E-state index is 11.8. The van der Waals surface area contributed by atoms with Crippen LogP contribution in [0.4, 0.5) is 4.79 Å². The van der Waals surface area contributed by atoms with E-state index in [9.17, 15) is 15.0 Å². The smallest absolute Gasteiger partial charge is 0.408 e. The summed E-state index contributed by atoms with van der Waals surface area (Å²) < 4.78 is 5.14. The quantitative estimate of drug-likeness (QED) is 0.585. The highest BCUT2D eigenvalue weighted by Crippen LogP contribution is 2.11. The Kier molecular flexibility index (Phi) is 9.38. The van der Waals surface area contributed by atoms with Crippen molar-refractivity contribution in [2.45, 2.75) is 71.1 Å². The van der Waals surface area contributed by atoms with E-state index in [0.29, 0.717) is 0 Å². The summed E-state index contributed by atoms with van der Waals surface area (Å²) >= 11 is 0. The molecule has 1 aromatic carbocycles. The van der Waals surface area contributed by atoms with Gasteiger partial charge in [0, 0.05) is 0 Å². The Morgan fingerprint density at radius 2 is 1.88 bits per heavy atom. The molecule has 0 bridgehead atoms. The van der Waals surface area contributed by atoms with E-state index in [-0.39, 0.29) is 6.61 Å². The molecule has 1 amide bonds. The summed E-state index contributed by atoms with van der Waals surface area (Å²) in [6, 6.07) is 7.35. The average molecular weight is 363 g/mol. The molecular weight excluding hydrogens is 330 g/mol. The summed E-state index contributed by atoms with van der Waals surface area (Å²) in [7, 11) is 0. The Bertz CT molecular complexity index is 560. The molecule has 0 saturated carbocycles. The first kappa shape index (κ1) is 22.2. The van der Waals surface area contributed by atoms with Crippen LogP contribution in [0.1, 0.15) is 58.1 Å². The maximum atomic E-state index is 11.8. The number of benzene rings is 1. The minimum atomic E-state index is -1.02. The number of unbranched alkanes of at least 4 members (excludes halogenated alkanes) is 2. The molecule has 146 valence electrons. The van der Waals surface area contributed by atoms with Gasteiger partial charge in [-0.2, -0.15) is 0 Å². The second-order valence-corrected chi connectivity index (χ2v) is 7.48. The monoisotopic (exact) mass is 363 g/mol. The third-order valence-electron chi connectivity index (χ3n) is 3.85. The number of rotatable bonds is 9. The summed E-state index contributed by atoms with van der Waals surface area (Å²) in [6.45, 7) is 7.06. The predicted octanol–water partition coefficient (Wildman–Crippen LogP) is 3.68. The summed E-state index contributed by atoms with van der Waals surface area (Å²) in [4.78, 5) is 11.8. The number of aryl methyl sites for hydroxylation is 1. The first-order valence-electron chi connectivity index (χ1n) is 9.30. The van der Waals surface area contributed by atoms with E-state index in [2.05, 4.69) is 24.4 Å². The minimum absolute atomic E-state index is 0.388. The van der Waals surface area contributed by atoms with Crippen molar-refractivity contribution in [2.24, 2.45) is 0 Å². The molecule has 0 saturated heterocycles. The molecule has 5 heteroatoms. The summed E-state index contributed by atoms with van der Waals surface area (Å²) in [5.41, 5.74) is 1.62. The van der Waals surface area contributed by atoms with Crippen LogP contribution in [0.25, 0.3) is 6.08 Å². The molecule has 2 atom stereocenters. The fourth-order valence-corrected chi connectivity index (χ4v) is 2.42. The van der Waals surface area contributed by atoms with Gasteiger partial charge in [-0.3, -0.25) is 0 Å². The molecule has 0 heterocycles. The van der Waals surface area contributed by atoms with E-state index in [4.69, 9.17) is 4.74 Å². The zero-order valence-corrected chi connectivity index (χ0v) is 16.4. The van der Waals surface area contributed by atoms with Gasteiger partial charge < -0.3 is 20.3 Å². The van der Waals surface area contributed by atoms with Crippen molar-refractivity contribution in [1.82, 2.24) is 5.32 Å². The first-order chi connectivity index (χ1) is 12.2. The van der Waals surface area contributed by atoms with Crippen LogP contribution in [-0.2, 0) is 11.2 Å². The summed E-state index contributed by atoms with van der Waals surface area (Å²) in [5, 5.41) is 22.1. The van der Waals surface area contributed by atoms with E-state index in [1.165, 1.54) is 24.8 Å². The Hall–Kier alpha value is -1.85. The molecule has 0 aliphatic rings. The van der Waals surface area contributed by atoms with E-state index >= 15 is 0 Å². The fraction of sp³-hybridized carbons (Fsp3) is 0.571. The number of carbonyl (C=O) groups is 1. The number of hydrogen-bond donors (Lipinski definition) is 3. The van der Waals surface area contributed by atoms with Crippen molar-refractivity contribution in [1.29, 1.82) is 0 Å². The number of aliphatic hydroxyl groups excluding tert-OH is 2. The number of hydrogen-bond acceptors (Lipinski definition) is 4. The van der Waals surface area contributed by atoms with E-state index in [0.717, 1.165) is 12.0 Å². The van der Waals surface area contributed by atoms with Crippen LogP contribution in [0.15, 0.2) is 30.3 Å². The molecule has 0 fully saturated rings. The molecule has 0 aliphatic heterocycles. The van der Waals surface area contributed by atoms with Crippen molar-refractivity contribution in [2.75, 3.05) is 6.61 Å². The van der Waals surface area contributed by atoms with Crippen LogP contribution in [0.2, 0.25) is 0 Å². The minimum Gasteiger partial charge on any atom is -0.444 e. The van der Waals surface area contributed by atoms with E-state index in [1.54, 1.807) is 32.9 Å². The first-order valence-corrected chi connectivity index (χ1v) is 9.30. The van der Waals surface area contributed by atoms with Crippen molar-refractivity contribution in [3.05, 3.63) is 41.5 Å². The van der Waals surface area contributed by atoms with Crippen LogP contribution in [-0.4, -0.2) is 40.7 Å². The third kappa shape index (κ3) is 9.02. The number of amides is 1. The van der Waals surface area contributed by atoms with Gasteiger partial charge >= 0.3 is 6.09 Å². The normalized spacial score (nSPS) is 14.2. The highest BCUT2D eigenvalue weighted by Gasteiger charge is 2.22. The number of carbonyl (C=O) groups excluding carboxylic acids is 1. The molecule has 2 unspecified atom stereocenters. The van der Waals surface area contributed by atoms with Gasteiger partial charge in [-0.25, -0.2) is 4.79 Å². The van der Waals surface area contributed by atoms with Gasteiger partial charge in [0.05, 0.1) is 18.8 Å². The van der Waals surface area contributed by atoms with Gasteiger partial charge in [-0.15, -0.1) is 0 Å². The molecule has 1 rings (SSSR count). The fourth-order valence-electron chi connectivity index (χ4n) is 2.42. The molecule has 5 nitrogen and oxygen atoms in total. The van der Waals surface area contributed by atoms with Crippen LogP contribution in [0, 0.1) is 0 Å². The third-order valence-corrected chi connectivity index (χ3v) is 3.85. The maximum Gasteiger partial charge on any atom is 0.408 e. The second-order valence-electron chi connectivity index (χ2n) is 7.48. The standard InChI is InChI=1S/C21H33NO4/c1-5-6-7-8-16-9-11-17(12-10-16)13-14-19(24)18(15-23)22-20(25)26-21(2,3)4/h9-14,18-19,23-24H,5-8,15H2,1-4H3,(H,22,25). The number of alkyl carbamates (subject to hydrolysis) is 1. The number of nitrogens with one attached hydrogen (secondary N) is 1. The van der Waals surface area contributed by atoms with Gasteiger partial charge in [-0.05, 0) is 44.7 Å². The van der Waals surface area contributed by atoms with Crippen molar-refractivity contribution >= 4 is 12.2 Å². The van der Waals surface area contributed by atoms with Crippen LogP contribution < -0.4 is 5.32 Å². The molecule has 0 spiro atoms. The molecule has 1 aromatic rings. The van der Waals surface area contributed by atoms with Crippen LogP contribution in [0.3, 0.4) is 0 Å². The zero-order valence-electron chi connectivity index (χ0n) is 16.4. The van der Waals surface area contributed by atoms with E-state index < -0.39 is 23.8 Å².